The second-order valence-electron chi connectivity index (χ2n) is 3.20. The van der Waals surface area contributed by atoms with E-state index in [9.17, 15) is 8.42 Å². The average Bonchev–Trinajstić information content (AvgIpc) is 2.06. The smallest absolute Gasteiger partial charge is 0.151 e. The highest BCUT2D eigenvalue weighted by Crippen LogP contribution is 2.08. The Morgan fingerprint density at radius 3 is 2.14 bits per heavy atom. The van der Waals surface area contributed by atoms with Gasteiger partial charge in [-0.05, 0) is 11.1 Å². The van der Waals surface area contributed by atoms with Crippen LogP contribution < -0.4 is 5.90 Å². The van der Waals surface area contributed by atoms with Crippen molar-refractivity contribution >= 4 is 9.84 Å². The van der Waals surface area contributed by atoms with Crippen LogP contribution in [0.4, 0.5) is 0 Å². The maximum Gasteiger partial charge on any atom is 0.151 e. The van der Waals surface area contributed by atoms with E-state index < -0.39 is 9.84 Å². The average molecular weight is 215 g/mol. The predicted molar refractivity (Wildman–Crippen MR) is 54.0 cm³/mol. The summed E-state index contributed by atoms with van der Waals surface area (Å²) in [6.07, 6.45) is 1.21. The lowest BCUT2D eigenvalue weighted by Crippen LogP contribution is -2.02. The summed E-state index contributed by atoms with van der Waals surface area (Å²) in [5.41, 5.74) is 1.69. The molecule has 0 spiro atoms. The first kappa shape index (κ1) is 11.2. The van der Waals surface area contributed by atoms with Gasteiger partial charge in [0.1, 0.15) is 0 Å². The van der Waals surface area contributed by atoms with Gasteiger partial charge in [-0.3, -0.25) is 4.84 Å². The summed E-state index contributed by atoms with van der Waals surface area (Å²) in [4.78, 5) is 4.45. The van der Waals surface area contributed by atoms with Crippen LogP contribution in [0.1, 0.15) is 11.1 Å². The highest BCUT2D eigenvalue weighted by molar-refractivity contribution is 7.89. The molecule has 1 rings (SSSR count). The van der Waals surface area contributed by atoms with Crippen molar-refractivity contribution in [3.8, 4) is 0 Å². The number of rotatable bonds is 4. The number of hydrogen-bond donors (Lipinski definition) is 1. The van der Waals surface area contributed by atoms with E-state index in [1.807, 2.05) is 0 Å². The molecule has 0 saturated carbocycles. The van der Waals surface area contributed by atoms with Gasteiger partial charge >= 0.3 is 0 Å². The Morgan fingerprint density at radius 1 is 1.21 bits per heavy atom. The van der Waals surface area contributed by atoms with Crippen molar-refractivity contribution in [3.63, 3.8) is 0 Å². The van der Waals surface area contributed by atoms with Crippen molar-refractivity contribution in [1.82, 2.24) is 0 Å². The molecule has 0 aliphatic rings. The van der Waals surface area contributed by atoms with Crippen LogP contribution in [0.3, 0.4) is 0 Å². The molecule has 0 saturated heterocycles. The first-order valence-corrected chi connectivity index (χ1v) is 6.14. The molecule has 0 aromatic heterocycles. The van der Waals surface area contributed by atoms with Gasteiger partial charge in [-0.1, -0.05) is 24.3 Å². The third-order valence-corrected chi connectivity index (χ3v) is 2.56. The standard InChI is InChI=1S/C9H13NO3S/c1-14(11,12)7-9-4-2-8(3-5-9)6-13-10/h2-5H,6-7,10H2,1H3. The maximum atomic E-state index is 11.0. The zero-order chi connectivity index (χ0) is 10.6. The molecule has 0 aliphatic carbocycles. The van der Waals surface area contributed by atoms with Crippen LogP contribution >= 0.6 is 0 Å². The van der Waals surface area contributed by atoms with E-state index in [2.05, 4.69) is 4.84 Å². The number of nitrogens with two attached hydrogens (primary N) is 1. The molecule has 4 nitrogen and oxygen atoms in total. The molecule has 5 heteroatoms. The number of benzene rings is 1. The molecule has 0 fully saturated rings. The number of sulfone groups is 1. The molecule has 0 heterocycles. The lowest BCUT2D eigenvalue weighted by molar-refractivity contribution is 0.124. The van der Waals surface area contributed by atoms with Crippen LogP contribution in [0.2, 0.25) is 0 Å². The van der Waals surface area contributed by atoms with Gasteiger partial charge in [-0.15, -0.1) is 0 Å². The van der Waals surface area contributed by atoms with Crippen molar-refractivity contribution in [1.29, 1.82) is 0 Å². The minimum absolute atomic E-state index is 0.0662. The lowest BCUT2D eigenvalue weighted by Gasteiger charge is -2.01. The zero-order valence-corrected chi connectivity index (χ0v) is 8.75. The van der Waals surface area contributed by atoms with Gasteiger partial charge in [0.25, 0.3) is 0 Å². The van der Waals surface area contributed by atoms with E-state index >= 15 is 0 Å². The lowest BCUT2D eigenvalue weighted by atomic mass is 10.2. The first-order chi connectivity index (χ1) is 6.51. The molecule has 2 N–H and O–H groups in total. The minimum Gasteiger partial charge on any atom is -0.300 e. The molecule has 14 heavy (non-hydrogen) atoms. The van der Waals surface area contributed by atoms with Crippen LogP contribution in [0, 0.1) is 0 Å². The van der Waals surface area contributed by atoms with Gasteiger partial charge in [-0.25, -0.2) is 14.3 Å². The van der Waals surface area contributed by atoms with Crippen molar-refractivity contribution in [3.05, 3.63) is 35.4 Å². The summed E-state index contributed by atoms with van der Waals surface area (Å²) in [6.45, 7) is 0.332. The van der Waals surface area contributed by atoms with E-state index in [0.29, 0.717) is 6.61 Å². The van der Waals surface area contributed by atoms with E-state index in [-0.39, 0.29) is 5.75 Å². The topological polar surface area (TPSA) is 69.4 Å². The van der Waals surface area contributed by atoms with Gasteiger partial charge in [-0.2, -0.15) is 0 Å². The predicted octanol–water partition coefficient (Wildman–Crippen LogP) is 0.622. The van der Waals surface area contributed by atoms with Gasteiger partial charge in [0, 0.05) is 6.26 Å². The van der Waals surface area contributed by atoms with Gasteiger partial charge in [0.2, 0.25) is 0 Å². The van der Waals surface area contributed by atoms with E-state index in [0.717, 1.165) is 11.1 Å². The number of hydrogen-bond acceptors (Lipinski definition) is 4. The molecule has 0 atom stereocenters. The fourth-order valence-corrected chi connectivity index (χ4v) is 1.93. The van der Waals surface area contributed by atoms with E-state index in [1.54, 1.807) is 24.3 Å². The highest BCUT2D eigenvalue weighted by atomic mass is 32.2. The molecule has 0 radical (unpaired) electrons. The van der Waals surface area contributed by atoms with E-state index in [4.69, 9.17) is 5.90 Å². The summed E-state index contributed by atoms with van der Waals surface area (Å²) in [5, 5.41) is 0. The van der Waals surface area contributed by atoms with Gasteiger partial charge in [0.15, 0.2) is 9.84 Å². The Kier molecular flexibility index (Phi) is 3.62. The summed E-state index contributed by atoms with van der Waals surface area (Å²) in [5.74, 6) is 4.97. The summed E-state index contributed by atoms with van der Waals surface area (Å²) in [7, 11) is -2.96. The Labute approximate surface area is 83.6 Å². The third-order valence-electron chi connectivity index (χ3n) is 1.70. The Morgan fingerprint density at radius 2 is 1.71 bits per heavy atom. The minimum atomic E-state index is -2.96. The molecule has 0 amide bonds. The molecule has 78 valence electrons. The maximum absolute atomic E-state index is 11.0. The van der Waals surface area contributed by atoms with Crippen molar-refractivity contribution in [2.75, 3.05) is 6.26 Å². The zero-order valence-electron chi connectivity index (χ0n) is 7.93. The van der Waals surface area contributed by atoms with Crippen LogP contribution in [-0.2, 0) is 27.0 Å². The summed E-state index contributed by atoms with van der Waals surface area (Å²) >= 11 is 0. The molecular weight excluding hydrogens is 202 g/mol. The Bertz CT molecular complexity index is 383. The van der Waals surface area contributed by atoms with E-state index in [1.165, 1.54) is 6.26 Å². The van der Waals surface area contributed by atoms with Gasteiger partial charge < -0.3 is 0 Å². The van der Waals surface area contributed by atoms with Crippen LogP contribution in [0.5, 0.6) is 0 Å². The quantitative estimate of drug-likeness (QED) is 0.747. The highest BCUT2D eigenvalue weighted by Gasteiger charge is 2.03. The molecule has 0 unspecified atom stereocenters. The molecule has 1 aromatic rings. The Hall–Kier alpha value is -0.910. The van der Waals surface area contributed by atoms with Crippen molar-refractivity contribution < 1.29 is 13.3 Å². The van der Waals surface area contributed by atoms with Crippen LogP contribution in [0.25, 0.3) is 0 Å². The second kappa shape index (κ2) is 4.54. The second-order valence-corrected chi connectivity index (χ2v) is 5.34. The fraction of sp³-hybridized carbons (Fsp3) is 0.333. The van der Waals surface area contributed by atoms with Gasteiger partial charge in [0.05, 0.1) is 12.4 Å². The van der Waals surface area contributed by atoms with Crippen molar-refractivity contribution in [2.24, 2.45) is 5.90 Å². The van der Waals surface area contributed by atoms with Crippen LogP contribution in [0.15, 0.2) is 24.3 Å². The molecule has 1 aromatic carbocycles. The largest absolute Gasteiger partial charge is 0.300 e. The summed E-state index contributed by atoms with van der Waals surface area (Å²) < 4.78 is 21.9. The summed E-state index contributed by atoms with van der Waals surface area (Å²) in [6, 6.07) is 7.12. The van der Waals surface area contributed by atoms with Crippen LogP contribution in [-0.4, -0.2) is 14.7 Å². The normalized spacial score (nSPS) is 11.6. The molecule has 0 bridgehead atoms. The molecular formula is C9H13NO3S. The van der Waals surface area contributed by atoms with Crippen molar-refractivity contribution in [2.45, 2.75) is 12.4 Å². The first-order valence-electron chi connectivity index (χ1n) is 4.08. The Balaban J connectivity index is 2.74. The monoisotopic (exact) mass is 215 g/mol. The third kappa shape index (κ3) is 3.87. The fourth-order valence-electron chi connectivity index (χ4n) is 1.13. The SMILES string of the molecule is CS(=O)(=O)Cc1ccc(CON)cc1. The molecule has 0 aliphatic heterocycles.